The number of aryl methyl sites for hydroxylation is 2. The van der Waals surface area contributed by atoms with E-state index in [0.29, 0.717) is 29.9 Å². The van der Waals surface area contributed by atoms with Crippen LogP contribution in [-0.2, 0) is 25.7 Å². The highest BCUT2D eigenvalue weighted by Gasteiger charge is 2.35. The fourth-order valence-corrected chi connectivity index (χ4v) is 2.33. The zero-order chi connectivity index (χ0) is 13.6. The maximum Gasteiger partial charge on any atom is 0.434 e. The van der Waals surface area contributed by atoms with Crippen molar-refractivity contribution in [1.82, 2.24) is 9.55 Å². The van der Waals surface area contributed by atoms with Gasteiger partial charge in [-0.1, -0.05) is 12.1 Å². The van der Waals surface area contributed by atoms with E-state index in [1.165, 1.54) is 4.57 Å². The van der Waals surface area contributed by atoms with Crippen molar-refractivity contribution in [1.29, 1.82) is 0 Å². The fraction of sp³-hybridized carbons (Fsp3) is 0.308. The Morgan fingerprint density at radius 1 is 1.32 bits per heavy atom. The zero-order valence-electron chi connectivity index (χ0n) is 9.91. The van der Waals surface area contributed by atoms with E-state index in [1.807, 2.05) is 6.07 Å². The van der Waals surface area contributed by atoms with Crippen molar-refractivity contribution < 1.29 is 18.3 Å². The first-order chi connectivity index (χ1) is 8.99. The Morgan fingerprint density at radius 3 is 2.79 bits per heavy atom. The molecule has 6 heteroatoms. The Balaban J connectivity index is 2.15. The molecule has 19 heavy (non-hydrogen) atoms. The van der Waals surface area contributed by atoms with Crippen molar-refractivity contribution in [2.24, 2.45) is 0 Å². The van der Waals surface area contributed by atoms with E-state index >= 15 is 0 Å². The minimum Gasteiger partial charge on any atom is -0.392 e. The van der Waals surface area contributed by atoms with Crippen molar-refractivity contribution in [2.45, 2.75) is 25.7 Å². The maximum absolute atomic E-state index is 12.7. The molecule has 100 valence electrons. The van der Waals surface area contributed by atoms with Crippen LogP contribution < -0.4 is 0 Å². The highest BCUT2D eigenvalue weighted by atomic mass is 19.4. The molecule has 1 N–H and O–H groups in total. The SMILES string of the molecule is OCc1ccc2c(c1)-c1nc(C(F)(F)F)cn1CC2. The summed E-state index contributed by atoms with van der Waals surface area (Å²) in [6.45, 7) is 0.351. The van der Waals surface area contributed by atoms with Gasteiger partial charge in [-0.3, -0.25) is 0 Å². The molecule has 1 aliphatic heterocycles. The van der Waals surface area contributed by atoms with Crippen LogP contribution in [0.1, 0.15) is 16.8 Å². The Bertz CT molecular complexity index is 631. The minimum atomic E-state index is -4.43. The molecule has 1 aromatic carbocycles. The van der Waals surface area contributed by atoms with Crippen LogP contribution in [0.3, 0.4) is 0 Å². The van der Waals surface area contributed by atoms with E-state index in [9.17, 15) is 13.2 Å². The largest absolute Gasteiger partial charge is 0.434 e. The third-order valence-corrected chi connectivity index (χ3v) is 3.29. The third-order valence-electron chi connectivity index (χ3n) is 3.29. The van der Waals surface area contributed by atoms with Crippen LogP contribution >= 0.6 is 0 Å². The summed E-state index contributed by atoms with van der Waals surface area (Å²) in [5.41, 5.74) is 1.44. The quantitative estimate of drug-likeness (QED) is 0.863. The molecule has 0 bridgehead atoms. The molecule has 2 aromatic rings. The lowest BCUT2D eigenvalue weighted by molar-refractivity contribution is -0.140. The van der Waals surface area contributed by atoms with Crippen molar-refractivity contribution in [2.75, 3.05) is 0 Å². The smallest absolute Gasteiger partial charge is 0.392 e. The fourth-order valence-electron chi connectivity index (χ4n) is 2.33. The summed E-state index contributed by atoms with van der Waals surface area (Å²) in [4.78, 5) is 3.70. The molecule has 0 radical (unpaired) electrons. The number of imidazole rings is 1. The van der Waals surface area contributed by atoms with Crippen molar-refractivity contribution in [3.05, 3.63) is 41.2 Å². The van der Waals surface area contributed by atoms with E-state index < -0.39 is 11.9 Å². The average molecular weight is 268 g/mol. The van der Waals surface area contributed by atoms with Crippen LogP contribution in [0.5, 0.6) is 0 Å². The van der Waals surface area contributed by atoms with Gasteiger partial charge in [-0.05, 0) is 23.6 Å². The van der Waals surface area contributed by atoms with Crippen LogP contribution in [0, 0.1) is 0 Å². The number of alkyl halides is 3. The normalized spacial score (nSPS) is 14.1. The number of aliphatic hydroxyl groups is 1. The Labute approximate surface area is 107 Å². The Kier molecular flexibility index (Phi) is 2.63. The van der Waals surface area contributed by atoms with Gasteiger partial charge in [0.25, 0.3) is 0 Å². The summed E-state index contributed by atoms with van der Waals surface area (Å²) >= 11 is 0. The molecule has 3 rings (SSSR count). The van der Waals surface area contributed by atoms with Crippen LogP contribution in [0.4, 0.5) is 13.2 Å². The van der Waals surface area contributed by atoms with Crippen molar-refractivity contribution in [3.63, 3.8) is 0 Å². The van der Waals surface area contributed by atoms with Crippen LogP contribution in [0.15, 0.2) is 24.4 Å². The Hall–Kier alpha value is -1.82. The molecule has 1 aliphatic rings. The van der Waals surface area contributed by atoms with Gasteiger partial charge in [-0.25, -0.2) is 4.98 Å². The van der Waals surface area contributed by atoms with Crippen molar-refractivity contribution in [3.8, 4) is 11.4 Å². The average Bonchev–Trinajstić information content (AvgIpc) is 2.82. The van der Waals surface area contributed by atoms with E-state index in [-0.39, 0.29) is 6.61 Å². The summed E-state index contributed by atoms with van der Waals surface area (Å²) in [6.07, 6.45) is -2.72. The summed E-state index contributed by atoms with van der Waals surface area (Å²) < 4.78 is 39.6. The number of rotatable bonds is 1. The molecule has 0 atom stereocenters. The molecule has 1 aromatic heterocycles. The van der Waals surface area contributed by atoms with Crippen molar-refractivity contribution >= 4 is 0 Å². The van der Waals surface area contributed by atoms with Gasteiger partial charge in [0.1, 0.15) is 5.82 Å². The monoisotopic (exact) mass is 268 g/mol. The molecule has 0 fully saturated rings. The molecule has 2 heterocycles. The van der Waals surface area contributed by atoms with Gasteiger partial charge < -0.3 is 9.67 Å². The topological polar surface area (TPSA) is 38.1 Å². The third kappa shape index (κ3) is 2.02. The lowest BCUT2D eigenvalue weighted by Gasteiger charge is -2.18. The molecule has 0 spiro atoms. The second-order valence-corrected chi connectivity index (χ2v) is 4.54. The van der Waals surface area contributed by atoms with Gasteiger partial charge in [-0.2, -0.15) is 13.2 Å². The van der Waals surface area contributed by atoms with Gasteiger partial charge in [0.15, 0.2) is 5.69 Å². The molecular weight excluding hydrogens is 257 g/mol. The van der Waals surface area contributed by atoms with E-state index in [4.69, 9.17) is 5.11 Å². The van der Waals surface area contributed by atoms with Crippen LogP contribution in [0.25, 0.3) is 11.4 Å². The lowest BCUT2D eigenvalue weighted by atomic mass is 9.98. The van der Waals surface area contributed by atoms with Gasteiger partial charge in [0.2, 0.25) is 0 Å². The molecule has 0 amide bonds. The van der Waals surface area contributed by atoms with Gasteiger partial charge in [0, 0.05) is 18.3 Å². The predicted octanol–water partition coefficient (Wildman–Crippen LogP) is 2.62. The summed E-state index contributed by atoms with van der Waals surface area (Å²) in [6, 6.07) is 5.32. The highest BCUT2D eigenvalue weighted by molar-refractivity contribution is 5.64. The predicted molar refractivity (Wildman–Crippen MR) is 62.3 cm³/mol. The second-order valence-electron chi connectivity index (χ2n) is 4.54. The molecule has 0 unspecified atom stereocenters. The van der Waals surface area contributed by atoms with E-state index in [2.05, 4.69) is 4.98 Å². The van der Waals surface area contributed by atoms with Gasteiger partial charge >= 0.3 is 6.18 Å². The summed E-state index contributed by atoms with van der Waals surface area (Å²) in [7, 11) is 0. The first-order valence-corrected chi connectivity index (χ1v) is 5.86. The lowest BCUT2D eigenvalue weighted by Crippen LogP contribution is -2.10. The number of nitrogens with zero attached hydrogens (tertiary/aromatic N) is 2. The molecule has 0 aliphatic carbocycles. The minimum absolute atomic E-state index is 0.139. The first-order valence-electron chi connectivity index (χ1n) is 5.86. The summed E-state index contributed by atoms with van der Waals surface area (Å²) in [5.74, 6) is 0.323. The molecule has 0 saturated heterocycles. The molecule has 3 nitrogen and oxygen atoms in total. The van der Waals surface area contributed by atoms with E-state index in [1.54, 1.807) is 12.1 Å². The standard InChI is InChI=1S/C13H11F3N2O/c14-13(15,16)11-6-18-4-3-9-2-1-8(7-19)5-10(9)12(18)17-11/h1-2,5-6,19H,3-4,7H2. The number of hydrogen-bond acceptors (Lipinski definition) is 2. The molecule has 0 saturated carbocycles. The van der Waals surface area contributed by atoms with Crippen LogP contribution in [0.2, 0.25) is 0 Å². The Morgan fingerprint density at radius 2 is 2.11 bits per heavy atom. The zero-order valence-corrected chi connectivity index (χ0v) is 9.91. The van der Waals surface area contributed by atoms with E-state index in [0.717, 1.165) is 11.8 Å². The number of halogens is 3. The first kappa shape index (κ1) is 12.2. The van der Waals surface area contributed by atoms with Gasteiger partial charge in [-0.15, -0.1) is 0 Å². The number of hydrogen-bond donors (Lipinski definition) is 1. The second kappa shape index (κ2) is 4.09. The number of fused-ring (bicyclic) bond motifs is 3. The number of aromatic nitrogens is 2. The number of benzene rings is 1. The molecular formula is C13H11F3N2O. The maximum atomic E-state index is 12.7. The number of aliphatic hydroxyl groups excluding tert-OH is 1. The highest BCUT2D eigenvalue weighted by Crippen LogP contribution is 2.34. The summed E-state index contributed by atoms with van der Waals surface area (Å²) in [5, 5.41) is 9.11. The van der Waals surface area contributed by atoms with Gasteiger partial charge in [0.05, 0.1) is 6.61 Å². The van der Waals surface area contributed by atoms with Crippen LogP contribution in [-0.4, -0.2) is 14.7 Å².